The molecule has 136 valence electrons. The maximum absolute atomic E-state index is 13.1. The van der Waals surface area contributed by atoms with Gasteiger partial charge in [-0.2, -0.15) is 5.10 Å². The molecule has 4 aromatic rings. The van der Waals surface area contributed by atoms with Crippen molar-refractivity contribution in [3.05, 3.63) is 88.6 Å². The highest BCUT2D eigenvalue weighted by Crippen LogP contribution is 2.17. The molecule has 0 saturated carbocycles. The summed E-state index contributed by atoms with van der Waals surface area (Å²) in [4.78, 5) is 16.9. The van der Waals surface area contributed by atoms with Gasteiger partial charge in [0.15, 0.2) is 5.65 Å². The molecule has 0 radical (unpaired) electrons. The molecule has 0 spiro atoms. The molecule has 1 N–H and O–H groups in total. The van der Waals surface area contributed by atoms with Crippen LogP contribution in [0, 0.1) is 11.6 Å². The summed E-state index contributed by atoms with van der Waals surface area (Å²) < 4.78 is 28.8. The fraction of sp³-hybridized carbons (Fsp3) is 0.105. The van der Waals surface area contributed by atoms with Crippen LogP contribution in [-0.2, 0) is 6.54 Å². The summed E-state index contributed by atoms with van der Waals surface area (Å²) in [5.41, 5.74) is 1.03. The van der Waals surface area contributed by atoms with Crippen LogP contribution in [0.15, 0.2) is 65.8 Å². The van der Waals surface area contributed by atoms with Crippen LogP contribution in [0.1, 0.15) is 11.7 Å². The van der Waals surface area contributed by atoms with E-state index in [9.17, 15) is 18.7 Å². The van der Waals surface area contributed by atoms with Crippen molar-refractivity contribution in [2.24, 2.45) is 0 Å². The molecular formula is C19H14F2N4O2. The molecule has 0 fully saturated rings. The normalized spacial score (nSPS) is 12.4. The summed E-state index contributed by atoms with van der Waals surface area (Å²) >= 11 is 0. The van der Waals surface area contributed by atoms with Gasteiger partial charge in [0, 0.05) is 0 Å². The lowest BCUT2D eigenvalue weighted by molar-refractivity contribution is 0.155. The quantitative estimate of drug-likeness (QED) is 0.601. The zero-order valence-electron chi connectivity index (χ0n) is 14.0. The van der Waals surface area contributed by atoms with E-state index < -0.39 is 11.9 Å². The minimum Gasteiger partial charge on any atom is -0.387 e. The summed E-state index contributed by atoms with van der Waals surface area (Å²) in [7, 11) is 0. The smallest absolute Gasteiger partial charge is 0.264 e. The van der Waals surface area contributed by atoms with Gasteiger partial charge in [-0.1, -0.05) is 12.1 Å². The van der Waals surface area contributed by atoms with E-state index >= 15 is 0 Å². The maximum atomic E-state index is 13.1. The Morgan fingerprint density at radius 1 is 1.00 bits per heavy atom. The van der Waals surface area contributed by atoms with E-state index in [0.29, 0.717) is 16.9 Å². The number of benzene rings is 2. The molecule has 4 rings (SSSR count). The van der Waals surface area contributed by atoms with Crippen molar-refractivity contribution in [3.8, 4) is 5.69 Å². The van der Waals surface area contributed by atoms with E-state index in [2.05, 4.69) is 10.1 Å². The average molecular weight is 368 g/mol. The minimum absolute atomic E-state index is 0.0326. The molecule has 2 aromatic carbocycles. The van der Waals surface area contributed by atoms with Crippen LogP contribution in [0.4, 0.5) is 8.78 Å². The lowest BCUT2D eigenvalue weighted by Gasteiger charge is -2.13. The molecule has 6 nitrogen and oxygen atoms in total. The molecule has 2 aromatic heterocycles. The zero-order chi connectivity index (χ0) is 19.0. The summed E-state index contributed by atoms with van der Waals surface area (Å²) in [6.07, 6.45) is 1.71. The lowest BCUT2D eigenvalue weighted by Crippen LogP contribution is -2.23. The highest BCUT2D eigenvalue weighted by atomic mass is 19.1. The fourth-order valence-electron chi connectivity index (χ4n) is 2.83. The van der Waals surface area contributed by atoms with Crippen molar-refractivity contribution in [2.45, 2.75) is 12.6 Å². The number of nitrogens with zero attached hydrogens (tertiary/aromatic N) is 4. The first-order valence-corrected chi connectivity index (χ1v) is 8.15. The van der Waals surface area contributed by atoms with Gasteiger partial charge in [0.1, 0.15) is 23.3 Å². The summed E-state index contributed by atoms with van der Waals surface area (Å²) in [6.45, 7) is -0.0326. The van der Waals surface area contributed by atoms with E-state index in [4.69, 9.17) is 0 Å². The number of hydrogen-bond donors (Lipinski definition) is 1. The molecule has 8 heteroatoms. The van der Waals surface area contributed by atoms with E-state index in [1.807, 2.05) is 0 Å². The summed E-state index contributed by atoms with van der Waals surface area (Å²) in [5, 5.41) is 14.7. The van der Waals surface area contributed by atoms with Gasteiger partial charge in [0.25, 0.3) is 5.56 Å². The molecule has 0 aliphatic carbocycles. The van der Waals surface area contributed by atoms with Crippen LogP contribution >= 0.6 is 0 Å². The standard InChI is InChI=1S/C19H14F2N4O2/c20-13-3-1-12(2-4-13)17(26)10-24-11-22-18-16(19(24)27)9-23-25(18)15-7-5-14(21)6-8-15/h1-9,11,17,26H,10H2/t17-/m0/s1. The second-order valence-electron chi connectivity index (χ2n) is 6.04. The van der Waals surface area contributed by atoms with Crippen LogP contribution in [0.3, 0.4) is 0 Å². The topological polar surface area (TPSA) is 72.9 Å². The van der Waals surface area contributed by atoms with Crippen molar-refractivity contribution in [1.82, 2.24) is 19.3 Å². The van der Waals surface area contributed by atoms with Gasteiger partial charge in [-0.25, -0.2) is 18.4 Å². The Hall–Kier alpha value is -3.39. The summed E-state index contributed by atoms with van der Waals surface area (Å²) in [6, 6.07) is 11.1. The lowest BCUT2D eigenvalue weighted by atomic mass is 10.1. The largest absolute Gasteiger partial charge is 0.387 e. The first-order chi connectivity index (χ1) is 13.0. The monoisotopic (exact) mass is 368 g/mol. The Bertz CT molecular complexity index is 1150. The van der Waals surface area contributed by atoms with Crippen LogP contribution in [-0.4, -0.2) is 24.4 Å². The first kappa shape index (κ1) is 17.0. The van der Waals surface area contributed by atoms with Crippen LogP contribution < -0.4 is 5.56 Å². The minimum atomic E-state index is -0.991. The molecule has 0 aliphatic rings. The van der Waals surface area contributed by atoms with Crippen molar-refractivity contribution < 1.29 is 13.9 Å². The van der Waals surface area contributed by atoms with E-state index in [0.717, 1.165) is 0 Å². The highest BCUT2D eigenvalue weighted by Gasteiger charge is 2.14. The third-order valence-electron chi connectivity index (χ3n) is 4.25. The third-order valence-corrected chi connectivity index (χ3v) is 4.25. The van der Waals surface area contributed by atoms with Gasteiger partial charge in [0.05, 0.1) is 24.5 Å². The van der Waals surface area contributed by atoms with Crippen molar-refractivity contribution >= 4 is 11.0 Å². The Labute approximate surface area is 152 Å². The number of aromatic nitrogens is 4. The Morgan fingerprint density at radius 3 is 2.30 bits per heavy atom. The second-order valence-corrected chi connectivity index (χ2v) is 6.04. The van der Waals surface area contributed by atoms with Gasteiger partial charge in [-0.05, 0) is 42.0 Å². The van der Waals surface area contributed by atoms with Crippen LogP contribution in [0.2, 0.25) is 0 Å². The van der Waals surface area contributed by atoms with E-state index in [1.165, 1.54) is 70.3 Å². The maximum Gasteiger partial charge on any atom is 0.264 e. The molecule has 0 aliphatic heterocycles. The van der Waals surface area contributed by atoms with Crippen molar-refractivity contribution in [1.29, 1.82) is 0 Å². The molecule has 2 heterocycles. The Morgan fingerprint density at radius 2 is 1.63 bits per heavy atom. The first-order valence-electron chi connectivity index (χ1n) is 8.15. The van der Waals surface area contributed by atoms with Gasteiger partial charge < -0.3 is 5.11 Å². The van der Waals surface area contributed by atoms with E-state index in [-0.39, 0.29) is 23.3 Å². The third kappa shape index (κ3) is 3.22. The van der Waals surface area contributed by atoms with Gasteiger partial charge >= 0.3 is 0 Å². The predicted molar refractivity (Wildman–Crippen MR) is 94.4 cm³/mol. The number of fused-ring (bicyclic) bond motifs is 1. The molecule has 0 unspecified atom stereocenters. The number of rotatable bonds is 4. The molecule has 27 heavy (non-hydrogen) atoms. The van der Waals surface area contributed by atoms with Gasteiger partial charge in [-0.15, -0.1) is 0 Å². The average Bonchev–Trinajstić information content (AvgIpc) is 3.10. The number of aliphatic hydroxyl groups excluding tert-OH is 1. The highest BCUT2D eigenvalue weighted by molar-refractivity contribution is 5.74. The molecular weight excluding hydrogens is 354 g/mol. The predicted octanol–water partition coefficient (Wildman–Crippen LogP) is 2.59. The van der Waals surface area contributed by atoms with Crippen LogP contribution in [0.5, 0.6) is 0 Å². The number of aliphatic hydroxyl groups is 1. The van der Waals surface area contributed by atoms with Crippen molar-refractivity contribution in [2.75, 3.05) is 0 Å². The summed E-state index contributed by atoms with van der Waals surface area (Å²) in [5.74, 6) is -0.778. The Balaban J connectivity index is 1.68. The van der Waals surface area contributed by atoms with Gasteiger partial charge in [0.2, 0.25) is 0 Å². The van der Waals surface area contributed by atoms with E-state index in [1.54, 1.807) is 0 Å². The van der Waals surface area contributed by atoms with Gasteiger partial charge in [-0.3, -0.25) is 9.36 Å². The SMILES string of the molecule is O=c1c2cnn(-c3ccc(F)cc3)c2ncn1C[C@H](O)c1ccc(F)cc1. The second kappa shape index (κ2) is 6.73. The van der Waals surface area contributed by atoms with Crippen molar-refractivity contribution in [3.63, 3.8) is 0 Å². The Kier molecular flexibility index (Phi) is 4.25. The fourth-order valence-corrected chi connectivity index (χ4v) is 2.83. The molecule has 1 atom stereocenters. The molecule has 0 amide bonds. The van der Waals surface area contributed by atoms with Crippen LogP contribution in [0.25, 0.3) is 16.7 Å². The number of hydrogen-bond acceptors (Lipinski definition) is 4. The molecule has 0 bridgehead atoms. The zero-order valence-corrected chi connectivity index (χ0v) is 14.0. The number of halogens is 2. The molecule has 0 saturated heterocycles.